The van der Waals surface area contributed by atoms with Crippen molar-refractivity contribution in [2.75, 3.05) is 11.9 Å². The number of carbonyl (C=O) groups excluding carboxylic acids is 1. The third-order valence-electron chi connectivity index (χ3n) is 4.22. The van der Waals surface area contributed by atoms with Crippen molar-refractivity contribution in [3.8, 4) is 0 Å². The van der Waals surface area contributed by atoms with Crippen molar-refractivity contribution in [3.63, 3.8) is 0 Å². The molecule has 1 aliphatic rings. The summed E-state index contributed by atoms with van der Waals surface area (Å²) in [6.45, 7) is 5.86. The zero-order chi connectivity index (χ0) is 16.9. The molecule has 2 aromatic rings. The van der Waals surface area contributed by atoms with E-state index in [2.05, 4.69) is 39.2 Å². The number of pyridine rings is 1. The summed E-state index contributed by atoms with van der Waals surface area (Å²) < 4.78 is 0. The molecule has 128 valence electrons. The molecule has 1 aliphatic heterocycles. The van der Waals surface area contributed by atoms with Crippen LogP contribution in [0, 0.1) is 0 Å². The van der Waals surface area contributed by atoms with E-state index in [1.54, 1.807) is 12.4 Å². The van der Waals surface area contributed by atoms with Crippen molar-refractivity contribution in [1.29, 1.82) is 0 Å². The standard InChI is InChI=1S/C17H23N5OS/c1-12(2)16-20-21-17(24-16)19-15(23)14-5-3-4-10-22(14)11-13-6-8-18-9-7-13/h6-9,12,14H,3-5,10-11H2,1-2H3,(H,19,21,23)/t14-/m1/s1. The number of nitrogens with zero attached hydrogens (tertiary/aromatic N) is 4. The minimum Gasteiger partial charge on any atom is -0.299 e. The van der Waals surface area contributed by atoms with E-state index in [1.807, 2.05) is 12.1 Å². The molecule has 0 radical (unpaired) electrons. The second-order valence-electron chi connectivity index (χ2n) is 6.43. The summed E-state index contributed by atoms with van der Waals surface area (Å²) in [5, 5.41) is 12.7. The number of anilines is 1. The van der Waals surface area contributed by atoms with Gasteiger partial charge in [0.15, 0.2) is 0 Å². The average molecular weight is 345 g/mol. The quantitative estimate of drug-likeness (QED) is 0.902. The number of aromatic nitrogens is 3. The van der Waals surface area contributed by atoms with Crippen molar-refractivity contribution >= 4 is 22.4 Å². The lowest BCUT2D eigenvalue weighted by Gasteiger charge is -2.34. The summed E-state index contributed by atoms with van der Waals surface area (Å²) in [5.74, 6) is 0.348. The molecule has 7 heteroatoms. The van der Waals surface area contributed by atoms with Gasteiger partial charge >= 0.3 is 0 Å². The third kappa shape index (κ3) is 4.15. The number of hydrogen-bond donors (Lipinski definition) is 1. The van der Waals surface area contributed by atoms with Crippen LogP contribution in [0.3, 0.4) is 0 Å². The lowest BCUT2D eigenvalue weighted by Crippen LogP contribution is -2.46. The van der Waals surface area contributed by atoms with Crippen LogP contribution in [0.2, 0.25) is 0 Å². The minimum atomic E-state index is -0.113. The molecule has 3 heterocycles. The Hall–Kier alpha value is -1.86. The summed E-state index contributed by atoms with van der Waals surface area (Å²) in [4.78, 5) is 19.0. The summed E-state index contributed by atoms with van der Waals surface area (Å²) in [6, 6.07) is 3.89. The second kappa shape index (κ2) is 7.81. The number of piperidine rings is 1. The zero-order valence-corrected chi connectivity index (χ0v) is 14.9. The van der Waals surface area contributed by atoms with Crippen LogP contribution < -0.4 is 5.32 Å². The maximum absolute atomic E-state index is 12.7. The van der Waals surface area contributed by atoms with E-state index in [1.165, 1.54) is 16.9 Å². The molecule has 0 bridgehead atoms. The molecule has 0 aliphatic carbocycles. The Bertz CT molecular complexity index is 673. The number of hydrogen-bond acceptors (Lipinski definition) is 6. The molecule has 2 aromatic heterocycles. The highest BCUT2D eigenvalue weighted by Gasteiger charge is 2.29. The Kier molecular flexibility index (Phi) is 5.52. The maximum Gasteiger partial charge on any atom is 0.243 e. The molecule has 1 saturated heterocycles. The minimum absolute atomic E-state index is 0.0233. The first-order valence-electron chi connectivity index (χ1n) is 8.40. The smallest absolute Gasteiger partial charge is 0.243 e. The monoisotopic (exact) mass is 345 g/mol. The molecule has 3 rings (SSSR count). The molecule has 0 saturated carbocycles. The number of nitrogens with one attached hydrogen (secondary N) is 1. The average Bonchev–Trinajstić information content (AvgIpc) is 3.05. The van der Waals surface area contributed by atoms with Crippen molar-refractivity contribution in [2.24, 2.45) is 0 Å². The van der Waals surface area contributed by atoms with Crippen LogP contribution in [0.1, 0.15) is 49.6 Å². The van der Waals surface area contributed by atoms with Gasteiger partial charge in [-0.1, -0.05) is 31.6 Å². The number of carbonyl (C=O) groups is 1. The largest absolute Gasteiger partial charge is 0.299 e. The van der Waals surface area contributed by atoms with Gasteiger partial charge in [-0.05, 0) is 37.1 Å². The molecule has 0 aromatic carbocycles. The van der Waals surface area contributed by atoms with E-state index < -0.39 is 0 Å². The Morgan fingerprint density at radius 2 is 2.12 bits per heavy atom. The zero-order valence-electron chi connectivity index (χ0n) is 14.1. The molecule has 1 fully saturated rings. The first kappa shape index (κ1) is 17.0. The van der Waals surface area contributed by atoms with Crippen molar-refractivity contribution in [1.82, 2.24) is 20.1 Å². The normalized spacial score (nSPS) is 18.7. The van der Waals surface area contributed by atoms with Gasteiger partial charge in [0.05, 0.1) is 6.04 Å². The van der Waals surface area contributed by atoms with Gasteiger partial charge in [0, 0.05) is 24.9 Å². The van der Waals surface area contributed by atoms with Gasteiger partial charge in [0.25, 0.3) is 0 Å². The van der Waals surface area contributed by atoms with E-state index in [9.17, 15) is 4.79 Å². The molecule has 1 atom stereocenters. The van der Waals surface area contributed by atoms with E-state index >= 15 is 0 Å². The van der Waals surface area contributed by atoms with Gasteiger partial charge in [-0.2, -0.15) is 0 Å². The van der Waals surface area contributed by atoms with E-state index in [0.29, 0.717) is 11.0 Å². The van der Waals surface area contributed by atoms with Gasteiger partial charge in [-0.15, -0.1) is 10.2 Å². The van der Waals surface area contributed by atoms with Crippen LogP contribution in [0.25, 0.3) is 0 Å². The van der Waals surface area contributed by atoms with Crippen LogP contribution in [-0.2, 0) is 11.3 Å². The summed E-state index contributed by atoms with van der Waals surface area (Å²) in [5.41, 5.74) is 1.18. The van der Waals surface area contributed by atoms with Crippen molar-refractivity contribution in [2.45, 2.75) is 51.6 Å². The first-order valence-corrected chi connectivity index (χ1v) is 9.22. The molecule has 24 heavy (non-hydrogen) atoms. The van der Waals surface area contributed by atoms with Crippen LogP contribution in [0.4, 0.5) is 5.13 Å². The predicted molar refractivity (Wildman–Crippen MR) is 94.9 cm³/mol. The highest BCUT2D eigenvalue weighted by atomic mass is 32.1. The van der Waals surface area contributed by atoms with Gasteiger partial charge in [-0.3, -0.25) is 20.0 Å². The summed E-state index contributed by atoms with van der Waals surface area (Å²) in [6.07, 6.45) is 6.68. The van der Waals surface area contributed by atoms with Crippen molar-refractivity contribution < 1.29 is 4.79 Å². The van der Waals surface area contributed by atoms with Gasteiger partial charge in [0.2, 0.25) is 11.0 Å². The molecule has 0 spiro atoms. The topological polar surface area (TPSA) is 71.0 Å². The lowest BCUT2D eigenvalue weighted by molar-refractivity contribution is -0.122. The van der Waals surface area contributed by atoms with Gasteiger partial charge < -0.3 is 0 Å². The van der Waals surface area contributed by atoms with Gasteiger partial charge in [0.1, 0.15) is 5.01 Å². The summed E-state index contributed by atoms with van der Waals surface area (Å²) >= 11 is 1.46. The fourth-order valence-electron chi connectivity index (χ4n) is 2.91. The maximum atomic E-state index is 12.7. The van der Waals surface area contributed by atoms with E-state index in [4.69, 9.17) is 0 Å². The molecule has 1 N–H and O–H groups in total. The Balaban J connectivity index is 1.66. The fraction of sp³-hybridized carbons (Fsp3) is 0.529. The highest BCUT2D eigenvalue weighted by molar-refractivity contribution is 7.15. The lowest BCUT2D eigenvalue weighted by atomic mass is 10.0. The highest BCUT2D eigenvalue weighted by Crippen LogP contribution is 2.25. The number of rotatable bonds is 5. The van der Waals surface area contributed by atoms with Gasteiger partial charge in [-0.25, -0.2) is 0 Å². The molecular formula is C17H23N5OS. The first-order chi connectivity index (χ1) is 11.6. The predicted octanol–water partition coefficient (Wildman–Crippen LogP) is 3.05. The van der Waals surface area contributed by atoms with Crippen LogP contribution in [-0.4, -0.2) is 38.6 Å². The fourth-order valence-corrected chi connectivity index (χ4v) is 3.66. The molecular weight excluding hydrogens is 322 g/mol. The third-order valence-corrected chi connectivity index (χ3v) is 5.36. The van der Waals surface area contributed by atoms with Crippen LogP contribution in [0.5, 0.6) is 0 Å². The molecule has 0 unspecified atom stereocenters. The molecule has 1 amide bonds. The van der Waals surface area contributed by atoms with Crippen LogP contribution >= 0.6 is 11.3 Å². The van der Waals surface area contributed by atoms with E-state index in [-0.39, 0.29) is 11.9 Å². The van der Waals surface area contributed by atoms with E-state index in [0.717, 1.165) is 37.4 Å². The van der Waals surface area contributed by atoms with Crippen molar-refractivity contribution in [3.05, 3.63) is 35.1 Å². The number of amides is 1. The Morgan fingerprint density at radius 3 is 2.83 bits per heavy atom. The second-order valence-corrected chi connectivity index (χ2v) is 7.44. The molecule has 6 nitrogen and oxygen atoms in total. The number of likely N-dealkylation sites (tertiary alicyclic amines) is 1. The Labute approximate surface area is 146 Å². The Morgan fingerprint density at radius 1 is 1.33 bits per heavy atom. The van der Waals surface area contributed by atoms with Crippen LogP contribution in [0.15, 0.2) is 24.5 Å². The SMILES string of the molecule is CC(C)c1nnc(NC(=O)[C@H]2CCCCN2Cc2ccncc2)s1. The summed E-state index contributed by atoms with van der Waals surface area (Å²) in [7, 11) is 0.